The fraction of sp³-hybridized carbons (Fsp3) is 0.417. The van der Waals surface area contributed by atoms with Gasteiger partial charge in [-0.05, 0) is 6.92 Å². The molecule has 0 aliphatic heterocycles. The van der Waals surface area contributed by atoms with E-state index < -0.39 is 40.7 Å². The number of nitrogens with zero attached hydrogens (tertiary/aromatic N) is 1. The minimum Gasteiger partial charge on any atom is -0.387 e. The van der Waals surface area contributed by atoms with Crippen molar-refractivity contribution in [2.75, 3.05) is 18.0 Å². The summed E-state index contributed by atoms with van der Waals surface area (Å²) in [5.41, 5.74) is 4.24. The lowest BCUT2D eigenvalue weighted by Crippen LogP contribution is -2.36. The van der Waals surface area contributed by atoms with E-state index in [0.29, 0.717) is 0 Å². The number of hydrogen-bond acceptors (Lipinski definition) is 2. The SMILES string of the molecule is CCN(CC(C)C(=N)N)c1c(F)c(F)c(F)c(F)c1F. The van der Waals surface area contributed by atoms with E-state index in [9.17, 15) is 22.0 Å². The van der Waals surface area contributed by atoms with E-state index in [1.54, 1.807) is 0 Å². The summed E-state index contributed by atoms with van der Waals surface area (Å²) in [4.78, 5) is 0.961. The third-order valence-electron chi connectivity index (χ3n) is 2.91. The molecule has 0 spiro atoms. The average molecular weight is 295 g/mol. The van der Waals surface area contributed by atoms with Crippen molar-refractivity contribution >= 4 is 11.5 Å². The normalized spacial score (nSPS) is 12.3. The molecule has 0 amide bonds. The summed E-state index contributed by atoms with van der Waals surface area (Å²) in [6.07, 6.45) is 0. The molecule has 8 heteroatoms. The number of benzene rings is 1. The van der Waals surface area contributed by atoms with Crippen LogP contribution in [0.15, 0.2) is 0 Å². The molecule has 0 bridgehead atoms. The van der Waals surface area contributed by atoms with Gasteiger partial charge in [-0.15, -0.1) is 0 Å². The van der Waals surface area contributed by atoms with E-state index in [1.165, 1.54) is 13.8 Å². The van der Waals surface area contributed by atoms with E-state index in [2.05, 4.69) is 0 Å². The summed E-state index contributed by atoms with van der Waals surface area (Å²) in [5, 5.41) is 7.21. The Kier molecular flexibility index (Phi) is 4.91. The lowest BCUT2D eigenvalue weighted by molar-refractivity contribution is 0.377. The molecule has 1 aromatic rings. The van der Waals surface area contributed by atoms with Crippen LogP contribution >= 0.6 is 0 Å². The van der Waals surface area contributed by atoms with Gasteiger partial charge in [0.1, 0.15) is 5.69 Å². The smallest absolute Gasteiger partial charge is 0.200 e. The lowest BCUT2D eigenvalue weighted by atomic mass is 10.1. The van der Waals surface area contributed by atoms with Gasteiger partial charge in [0.05, 0.1) is 5.84 Å². The van der Waals surface area contributed by atoms with E-state index in [-0.39, 0.29) is 18.9 Å². The van der Waals surface area contributed by atoms with Gasteiger partial charge in [-0.1, -0.05) is 6.92 Å². The molecule has 3 N–H and O–H groups in total. The van der Waals surface area contributed by atoms with Gasteiger partial charge < -0.3 is 10.6 Å². The van der Waals surface area contributed by atoms with Gasteiger partial charge in [0.25, 0.3) is 0 Å². The van der Waals surface area contributed by atoms with Crippen LogP contribution in [0.5, 0.6) is 0 Å². The van der Waals surface area contributed by atoms with Crippen molar-refractivity contribution in [3.63, 3.8) is 0 Å². The largest absolute Gasteiger partial charge is 0.387 e. The molecule has 1 atom stereocenters. The van der Waals surface area contributed by atoms with Crippen LogP contribution in [-0.4, -0.2) is 18.9 Å². The summed E-state index contributed by atoms with van der Waals surface area (Å²) < 4.78 is 66.5. The van der Waals surface area contributed by atoms with Gasteiger partial charge in [0, 0.05) is 19.0 Å². The standard InChI is InChI=1S/C12H14F5N3/c1-3-20(4-5(2)12(18)19)11-9(16)7(14)6(13)8(15)10(11)17/h5H,3-4H2,1-2H3,(H3,18,19). The first-order chi connectivity index (χ1) is 9.22. The van der Waals surface area contributed by atoms with E-state index >= 15 is 0 Å². The highest BCUT2D eigenvalue weighted by atomic mass is 19.2. The Morgan fingerprint density at radius 2 is 1.45 bits per heavy atom. The molecule has 0 radical (unpaired) electrons. The molecular weight excluding hydrogens is 281 g/mol. The zero-order valence-electron chi connectivity index (χ0n) is 10.9. The maximum absolute atomic E-state index is 13.6. The summed E-state index contributed by atoms with van der Waals surface area (Å²) in [7, 11) is 0. The highest BCUT2D eigenvalue weighted by Crippen LogP contribution is 2.30. The average Bonchev–Trinajstić information content (AvgIpc) is 2.41. The van der Waals surface area contributed by atoms with Crippen LogP contribution < -0.4 is 10.6 Å². The molecule has 0 aliphatic rings. The minimum absolute atomic E-state index is 0.00400. The molecule has 0 saturated heterocycles. The number of anilines is 1. The van der Waals surface area contributed by atoms with E-state index in [4.69, 9.17) is 11.1 Å². The highest BCUT2D eigenvalue weighted by molar-refractivity contribution is 5.79. The summed E-state index contributed by atoms with van der Waals surface area (Å²) >= 11 is 0. The summed E-state index contributed by atoms with van der Waals surface area (Å²) in [5.74, 6) is -10.8. The highest BCUT2D eigenvalue weighted by Gasteiger charge is 2.29. The zero-order valence-corrected chi connectivity index (χ0v) is 10.9. The number of rotatable bonds is 5. The van der Waals surface area contributed by atoms with Gasteiger partial charge >= 0.3 is 0 Å². The Labute approximate surface area is 112 Å². The summed E-state index contributed by atoms with van der Waals surface area (Å²) in [6, 6.07) is 0. The van der Waals surface area contributed by atoms with Crippen molar-refractivity contribution < 1.29 is 22.0 Å². The third kappa shape index (κ3) is 2.83. The summed E-state index contributed by atoms with van der Waals surface area (Å²) in [6.45, 7) is 2.86. The monoisotopic (exact) mass is 295 g/mol. The lowest BCUT2D eigenvalue weighted by Gasteiger charge is -2.27. The molecule has 1 rings (SSSR count). The van der Waals surface area contributed by atoms with Gasteiger partial charge in [0.15, 0.2) is 23.3 Å². The number of hydrogen-bond donors (Lipinski definition) is 2. The predicted molar refractivity (Wildman–Crippen MR) is 65.2 cm³/mol. The Hall–Kier alpha value is -1.86. The van der Waals surface area contributed by atoms with Crippen molar-refractivity contribution in [1.82, 2.24) is 0 Å². The van der Waals surface area contributed by atoms with Crippen LogP contribution in [0.2, 0.25) is 0 Å². The molecule has 0 aliphatic carbocycles. The number of halogens is 5. The van der Waals surface area contributed by atoms with Crippen LogP contribution in [0.4, 0.5) is 27.6 Å². The molecular formula is C12H14F5N3. The van der Waals surface area contributed by atoms with Crippen LogP contribution in [-0.2, 0) is 0 Å². The molecule has 1 aromatic carbocycles. The first kappa shape index (κ1) is 16.2. The first-order valence-electron chi connectivity index (χ1n) is 5.82. The van der Waals surface area contributed by atoms with Gasteiger partial charge in [-0.2, -0.15) is 0 Å². The predicted octanol–water partition coefficient (Wildman–Crippen LogP) is 2.78. The Morgan fingerprint density at radius 3 is 1.80 bits per heavy atom. The van der Waals surface area contributed by atoms with Crippen molar-refractivity contribution in [3.05, 3.63) is 29.1 Å². The number of nitrogens with one attached hydrogen (secondary N) is 1. The molecule has 0 aromatic heterocycles. The second kappa shape index (κ2) is 6.06. The molecule has 0 heterocycles. The second-order valence-corrected chi connectivity index (χ2v) is 4.31. The van der Waals surface area contributed by atoms with Gasteiger partial charge in [-0.25, -0.2) is 22.0 Å². The zero-order chi connectivity index (χ0) is 15.6. The topological polar surface area (TPSA) is 53.1 Å². The van der Waals surface area contributed by atoms with Crippen molar-refractivity contribution in [3.8, 4) is 0 Å². The number of amidine groups is 1. The van der Waals surface area contributed by atoms with Crippen molar-refractivity contribution in [1.29, 1.82) is 5.41 Å². The third-order valence-corrected chi connectivity index (χ3v) is 2.91. The van der Waals surface area contributed by atoms with Crippen LogP contribution in [0.3, 0.4) is 0 Å². The van der Waals surface area contributed by atoms with E-state index in [1.807, 2.05) is 0 Å². The molecule has 3 nitrogen and oxygen atoms in total. The molecule has 20 heavy (non-hydrogen) atoms. The Morgan fingerprint density at radius 1 is 1.05 bits per heavy atom. The van der Waals surface area contributed by atoms with Crippen molar-refractivity contribution in [2.45, 2.75) is 13.8 Å². The maximum Gasteiger partial charge on any atom is 0.200 e. The van der Waals surface area contributed by atoms with Gasteiger partial charge in [-0.3, -0.25) is 5.41 Å². The molecule has 0 fully saturated rings. The maximum atomic E-state index is 13.6. The molecule has 0 saturated carbocycles. The Balaban J connectivity index is 3.32. The van der Waals surface area contributed by atoms with E-state index in [0.717, 1.165) is 4.90 Å². The van der Waals surface area contributed by atoms with Crippen molar-refractivity contribution in [2.24, 2.45) is 11.7 Å². The van der Waals surface area contributed by atoms with Crippen LogP contribution in [0.1, 0.15) is 13.8 Å². The van der Waals surface area contributed by atoms with Gasteiger partial charge in [0.2, 0.25) is 5.82 Å². The molecule has 1 unspecified atom stereocenters. The fourth-order valence-corrected chi connectivity index (χ4v) is 1.68. The minimum atomic E-state index is -2.19. The second-order valence-electron chi connectivity index (χ2n) is 4.31. The first-order valence-corrected chi connectivity index (χ1v) is 5.82. The fourth-order valence-electron chi connectivity index (χ4n) is 1.68. The number of nitrogens with two attached hydrogens (primary N) is 1. The van der Waals surface area contributed by atoms with Crippen LogP contribution in [0.25, 0.3) is 0 Å². The quantitative estimate of drug-likeness (QED) is 0.288. The van der Waals surface area contributed by atoms with Crippen LogP contribution in [0, 0.1) is 40.4 Å². The molecule has 112 valence electrons. The Bertz CT molecular complexity index is 503.